The third-order valence-corrected chi connectivity index (χ3v) is 6.85. The van der Waals surface area contributed by atoms with Crippen molar-refractivity contribution in [3.8, 4) is 5.75 Å². The number of piperidine rings is 1. The van der Waals surface area contributed by atoms with E-state index in [4.69, 9.17) is 4.74 Å². The van der Waals surface area contributed by atoms with Crippen molar-refractivity contribution in [2.75, 3.05) is 46.4 Å². The highest BCUT2D eigenvalue weighted by Gasteiger charge is 2.33. The molecule has 1 atom stereocenters. The second kappa shape index (κ2) is 10.8. The predicted octanol–water partition coefficient (Wildman–Crippen LogP) is 3.13. The van der Waals surface area contributed by atoms with Gasteiger partial charge in [0, 0.05) is 52.2 Å². The Bertz CT molecular complexity index is 951. The van der Waals surface area contributed by atoms with Gasteiger partial charge in [0.2, 0.25) is 11.8 Å². The summed E-state index contributed by atoms with van der Waals surface area (Å²) in [6.07, 6.45) is 1.92. The Kier molecular flexibility index (Phi) is 7.65. The SMILES string of the molecule is COc1ccc(CCN2CC(C(=O)N3CCN(Cc4cccc(C)c4)CC3)CCC2=O)cc1. The van der Waals surface area contributed by atoms with Crippen molar-refractivity contribution in [2.45, 2.75) is 32.7 Å². The molecule has 0 aliphatic carbocycles. The van der Waals surface area contributed by atoms with Crippen molar-refractivity contribution in [3.05, 3.63) is 65.2 Å². The highest BCUT2D eigenvalue weighted by Crippen LogP contribution is 2.22. The molecule has 6 nitrogen and oxygen atoms in total. The molecule has 0 aromatic heterocycles. The van der Waals surface area contributed by atoms with E-state index in [1.807, 2.05) is 34.1 Å². The van der Waals surface area contributed by atoms with Crippen molar-refractivity contribution in [1.29, 1.82) is 0 Å². The summed E-state index contributed by atoms with van der Waals surface area (Å²) in [5.41, 5.74) is 3.78. The summed E-state index contributed by atoms with van der Waals surface area (Å²) >= 11 is 0. The molecule has 0 radical (unpaired) electrons. The van der Waals surface area contributed by atoms with E-state index in [2.05, 4.69) is 36.1 Å². The molecular formula is C27H35N3O3. The maximum Gasteiger partial charge on any atom is 0.227 e. The molecule has 0 saturated carbocycles. The van der Waals surface area contributed by atoms with Crippen LogP contribution in [0.25, 0.3) is 0 Å². The Labute approximate surface area is 197 Å². The second-order valence-electron chi connectivity index (χ2n) is 9.26. The number of piperazine rings is 1. The average Bonchev–Trinajstić information content (AvgIpc) is 2.84. The Balaban J connectivity index is 1.26. The van der Waals surface area contributed by atoms with Crippen LogP contribution in [-0.2, 0) is 22.6 Å². The minimum absolute atomic E-state index is 0.0816. The normalized spacial score (nSPS) is 19.6. The number of nitrogens with zero attached hydrogens (tertiary/aromatic N) is 3. The molecule has 2 aliphatic rings. The average molecular weight is 450 g/mol. The van der Waals surface area contributed by atoms with Gasteiger partial charge in [0.15, 0.2) is 0 Å². The van der Waals surface area contributed by atoms with Crippen LogP contribution < -0.4 is 4.74 Å². The number of carbonyl (C=O) groups is 2. The lowest BCUT2D eigenvalue weighted by atomic mass is 9.95. The van der Waals surface area contributed by atoms with Gasteiger partial charge in [-0.3, -0.25) is 14.5 Å². The first-order chi connectivity index (χ1) is 16.0. The van der Waals surface area contributed by atoms with Crippen LogP contribution in [0.4, 0.5) is 0 Å². The fourth-order valence-corrected chi connectivity index (χ4v) is 4.84. The molecule has 33 heavy (non-hydrogen) atoms. The lowest BCUT2D eigenvalue weighted by Gasteiger charge is -2.39. The monoisotopic (exact) mass is 449 g/mol. The fraction of sp³-hybridized carbons (Fsp3) is 0.481. The van der Waals surface area contributed by atoms with Gasteiger partial charge in [0.05, 0.1) is 13.0 Å². The van der Waals surface area contributed by atoms with E-state index in [-0.39, 0.29) is 17.7 Å². The molecule has 6 heteroatoms. The van der Waals surface area contributed by atoms with Crippen LogP contribution in [0, 0.1) is 12.8 Å². The van der Waals surface area contributed by atoms with Gasteiger partial charge in [0.1, 0.15) is 5.75 Å². The van der Waals surface area contributed by atoms with Crippen molar-refractivity contribution in [3.63, 3.8) is 0 Å². The molecule has 4 rings (SSSR count). The van der Waals surface area contributed by atoms with Crippen molar-refractivity contribution in [2.24, 2.45) is 5.92 Å². The summed E-state index contributed by atoms with van der Waals surface area (Å²) in [4.78, 5) is 32.0. The largest absolute Gasteiger partial charge is 0.497 e. The molecule has 2 aromatic carbocycles. The third kappa shape index (κ3) is 6.14. The Morgan fingerprint density at radius 2 is 1.79 bits per heavy atom. The summed E-state index contributed by atoms with van der Waals surface area (Å²) in [6.45, 7) is 7.56. The van der Waals surface area contributed by atoms with Crippen LogP contribution in [0.15, 0.2) is 48.5 Å². The van der Waals surface area contributed by atoms with Gasteiger partial charge in [0.25, 0.3) is 0 Å². The lowest BCUT2D eigenvalue weighted by Crippen LogP contribution is -2.53. The van der Waals surface area contributed by atoms with E-state index in [0.717, 1.165) is 44.9 Å². The molecule has 0 N–H and O–H groups in total. The molecule has 2 saturated heterocycles. The van der Waals surface area contributed by atoms with E-state index in [0.29, 0.717) is 25.9 Å². The smallest absolute Gasteiger partial charge is 0.227 e. The number of carbonyl (C=O) groups excluding carboxylic acids is 2. The highest BCUT2D eigenvalue weighted by molar-refractivity contribution is 5.84. The van der Waals surface area contributed by atoms with Crippen LogP contribution in [-0.4, -0.2) is 72.9 Å². The molecule has 2 heterocycles. The number of hydrogen-bond acceptors (Lipinski definition) is 4. The number of likely N-dealkylation sites (tertiary alicyclic amines) is 1. The molecule has 2 aromatic rings. The quantitative estimate of drug-likeness (QED) is 0.652. The minimum atomic E-state index is -0.0816. The number of amides is 2. The van der Waals surface area contributed by atoms with Gasteiger partial charge in [-0.2, -0.15) is 0 Å². The summed E-state index contributed by atoms with van der Waals surface area (Å²) in [5.74, 6) is 1.13. The van der Waals surface area contributed by atoms with Gasteiger partial charge in [-0.1, -0.05) is 42.0 Å². The Morgan fingerprint density at radius 3 is 2.48 bits per heavy atom. The van der Waals surface area contributed by atoms with Crippen LogP contribution in [0.1, 0.15) is 29.5 Å². The summed E-state index contributed by atoms with van der Waals surface area (Å²) < 4.78 is 5.21. The topological polar surface area (TPSA) is 53.1 Å². The van der Waals surface area contributed by atoms with E-state index >= 15 is 0 Å². The maximum absolute atomic E-state index is 13.2. The molecule has 2 aliphatic heterocycles. The second-order valence-corrected chi connectivity index (χ2v) is 9.26. The number of benzene rings is 2. The van der Waals surface area contributed by atoms with Gasteiger partial charge in [-0.05, 0) is 43.0 Å². The van der Waals surface area contributed by atoms with E-state index in [9.17, 15) is 9.59 Å². The number of rotatable bonds is 7. The first-order valence-electron chi connectivity index (χ1n) is 12.0. The first kappa shape index (κ1) is 23.3. The highest BCUT2D eigenvalue weighted by atomic mass is 16.5. The van der Waals surface area contributed by atoms with Crippen molar-refractivity contribution < 1.29 is 14.3 Å². The van der Waals surface area contributed by atoms with Crippen LogP contribution in [0.5, 0.6) is 5.75 Å². The number of methoxy groups -OCH3 is 1. The zero-order chi connectivity index (χ0) is 23.2. The predicted molar refractivity (Wildman–Crippen MR) is 129 cm³/mol. The van der Waals surface area contributed by atoms with Gasteiger partial charge in [-0.25, -0.2) is 0 Å². The molecule has 0 bridgehead atoms. The fourth-order valence-electron chi connectivity index (χ4n) is 4.84. The maximum atomic E-state index is 13.2. The van der Waals surface area contributed by atoms with Crippen molar-refractivity contribution >= 4 is 11.8 Å². The van der Waals surface area contributed by atoms with Crippen LogP contribution in [0.3, 0.4) is 0 Å². The minimum Gasteiger partial charge on any atom is -0.497 e. The lowest BCUT2D eigenvalue weighted by molar-refractivity contribution is -0.144. The number of ether oxygens (including phenoxy) is 1. The Morgan fingerprint density at radius 1 is 1.03 bits per heavy atom. The Hall–Kier alpha value is -2.86. The van der Waals surface area contributed by atoms with Gasteiger partial charge in [-0.15, -0.1) is 0 Å². The van der Waals surface area contributed by atoms with E-state index in [1.165, 1.54) is 16.7 Å². The molecular weight excluding hydrogens is 414 g/mol. The molecule has 2 amide bonds. The third-order valence-electron chi connectivity index (χ3n) is 6.85. The van der Waals surface area contributed by atoms with Gasteiger partial charge >= 0.3 is 0 Å². The standard InChI is InChI=1S/C27H35N3O3/c1-21-4-3-5-23(18-21)19-28-14-16-29(17-15-28)27(32)24-8-11-26(31)30(20-24)13-12-22-6-9-25(33-2)10-7-22/h3-7,9-10,18,24H,8,11-17,19-20H2,1-2H3. The molecule has 176 valence electrons. The van der Waals surface area contributed by atoms with Crippen LogP contribution in [0.2, 0.25) is 0 Å². The van der Waals surface area contributed by atoms with Gasteiger partial charge < -0.3 is 14.5 Å². The van der Waals surface area contributed by atoms with Crippen LogP contribution >= 0.6 is 0 Å². The summed E-state index contributed by atoms with van der Waals surface area (Å²) in [6, 6.07) is 16.6. The number of hydrogen-bond donors (Lipinski definition) is 0. The zero-order valence-corrected chi connectivity index (χ0v) is 19.8. The van der Waals surface area contributed by atoms with Crippen molar-refractivity contribution in [1.82, 2.24) is 14.7 Å². The number of aryl methyl sites for hydroxylation is 1. The molecule has 0 spiro atoms. The summed E-state index contributed by atoms with van der Waals surface area (Å²) in [5, 5.41) is 0. The zero-order valence-electron chi connectivity index (χ0n) is 19.8. The molecule has 1 unspecified atom stereocenters. The molecule has 2 fully saturated rings. The summed E-state index contributed by atoms with van der Waals surface area (Å²) in [7, 11) is 1.66. The van der Waals surface area contributed by atoms with E-state index in [1.54, 1.807) is 7.11 Å². The first-order valence-corrected chi connectivity index (χ1v) is 12.0. The van der Waals surface area contributed by atoms with E-state index < -0.39 is 0 Å².